The predicted molar refractivity (Wildman–Crippen MR) is 68.6 cm³/mol. The van der Waals surface area contributed by atoms with Gasteiger partial charge in [-0.15, -0.1) is 0 Å². The Balaban J connectivity index is 2.71. The highest BCUT2D eigenvalue weighted by Gasteiger charge is 2.27. The number of carbonyl (C=O) groups is 1. The van der Waals surface area contributed by atoms with Crippen LogP contribution in [-0.2, 0) is 14.6 Å². The molecule has 1 aromatic rings. The molecule has 0 heterocycles. The maximum absolute atomic E-state index is 11.7. The molecule has 1 unspecified atom stereocenters. The summed E-state index contributed by atoms with van der Waals surface area (Å²) in [4.78, 5) is 11.7. The average molecular weight is 266 g/mol. The van der Waals surface area contributed by atoms with E-state index in [2.05, 4.69) is 5.32 Å². The van der Waals surface area contributed by atoms with Crippen LogP contribution < -0.4 is 5.32 Å². The molecule has 0 aliphatic rings. The lowest BCUT2D eigenvalue weighted by molar-refractivity contribution is -0.115. The standard InChI is InChI=1S/C12H14N2O3S/c1-10(18(16,17)9-5-8-13)12(15)14-11-6-3-2-4-7-11/h2-4,6-7,10H,5,9H2,1H3,(H,14,15). The molecule has 0 radical (unpaired) electrons. The summed E-state index contributed by atoms with van der Waals surface area (Å²) in [7, 11) is -3.58. The molecule has 1 N–H and O–H groups in total. The molecule has 0 saturated carbocycles. The van der Waals surface area contributed by atoms with E-state index in [1.54, 1.807) is 36.4 Å². The van der Waals surface area contributed by atoms with Crippen LogP contribution in [0.25, 0.3) is 0 Å². The number of nitriles is 1. The van der Waals surface area contributed by atoms with Crippen LogP contribution >= 0.6 is 0 Å². The number of anilines is 1. The van der Waals surface area contributed by atoms with Gasteiger partial charge < -0.3 is 5.32 Å². The predicted octanol–water partition coefficient (Wildman–Crippen LogP) is 1.34. The highest BCUT2D eigenvalue weighted by atomic mass is 32.2. The summed E-state index contributed by atoms with van der Waals surface area (Å²) >= 11 is 0. The Morgan fingerprint density at radius 2 is 2.00 bits per heavy atom. The fraction of sp³-hybridized carbons (Fsp3) is 0.333. The number of nitrogens with one attached hydrogen (secondary N) is 1. The van der Waals surface area contributed by atoms with E-state index in [-0.39, 0.29) is 12.2 Å². The van der Waals surface area contributed by atoms with E-state index in [1.807, 2.05) is 0 Å². The second kappa shape index (κ2) is 6.17. The van der Waals surface area contributed by atoms with E-state index < -0.39 is 21.0 Å². The van der Waals surface area contributed by atoms with Crippen molar-refractivity contribution in [2.45, 2.75) is 18.6 Å². The highest BCUT2D eigenvalue weighted by molar-refractivity contribution is 7.92. The Morgan fingerprint density at radius 1 is 1.39 bits per heavy atom. The normalized spacial score (nSPS) is 12.4. The molecule has 18 heavy (non-hydrogen) atoms. The van der Waals surface area contributed by atoms with Crippen LogP contribution in [0.3, 0.4) is 0 Å². The number of benzene rings is 1. The third-order valence-electron chi connectivity index (χ3n) is 2.45. The third-order valence-corrected chi connectivity index (χ3v) is 4.51. The molecule has 0 bridgehead atoms. The van der Waals surface area contributed by atoms with Crippen molar-refractivity contribution in [3.05, 3.63) is 30.3 Å². The quantitative estimate of drug-likeness (QED) is 0.871. The van der Waals surface area contributed by atoms with Crippen molar-refractivity contribution < 1.29 is 13.2 Å². The van der Waals surface area contributed by atoms with Gasteiger partial charge in [0.2, 0.25) is 5.91 Å². The van der Waals surface area contributed by atoms with E-state index in [0.29, 0.717) is 5.69 Å². The highest BCUT2D eigenvalue weighted by Crippen LogP contribution is 2.10. The number of sulfone groups is 1. The number of carbonyl (C=O) groups excluding carboxylic acids is 1. The number of hydrogen-bond donors (Lipinski definition) is 1. The third kappa shape index (κ3) is 3.86. The Labute approximate surface area is 106 Å². The number of amides is 1. The largest absolute Gasteiger partial charge is 0.325 e. The van der Waals surface area contributed by atoms with E-state index in [0.717, 1.165) is 0 Å². The first-order valence-electron chi connectivity index (χ1n) is 5.42. The summed E-state index contributed by atoms with van der Waals surface area (Å²) in [5.74, 6) is -0.883. The SMILES string of the molecule is CC(C(=O)Nc1ccccc1)S(=O)(=O)CCC#N. The fourth-order valence-corrected chi connectivity index (χ4v) is 2.41. The van der Waals surface area contributed by atoms with Crippen molar-refractivity contribution >= 4 is 21.4 Å². The minimum atomic E-state index is -3.58. The van der Waals surface area contributed by atoms with Crippen molar-refractivity contribution in [3.63, 3.8) is 0 Å². The van der Waals surface area contributed by atoms with Gasteiger partial charge in [-0.25, -0.2) is 8.42 Å². The van der Waals surface area contributed by atoms with Crippen LogP contribution in [-0.4, -0.2) is 25.3 Å². The second-order valence-electron chi connectivity index (χ2n) is 3.77. The van der Waals surface area contributed by atoms with Crippen molar-refractivity contribution in [1.82, 2.24) is 0 Å². The smallest absolute Gasteiger partial charge is 0.242 e. The zero-order valence-corrected chi connectivity index (χ0v) is 10.8. The lowest BCUT2D eigenvalue weighted by Crippen LogP contribution is -2.34. The van der Waals surface area contributed by atoms with Gasteiger partial charge in [0, 0.05) is 12.1 Å². The fourth-order valence-electron chi connectivity index (χ4n) is 1.29. The maximum Gasteiger partial charge on any atom is 0.242 e. The molecule has 0 fully saturated rings. The molecule has 1 aromatic carbocycles. The van der Waals surface area contributed by atoms with E-state index in [1.165, 1.54) is 6.92 Å². The summed E-state index contributed by atoms with van der Waals surface area (Å²) in [6.45, 7) is 1.32. The second-order valence-corrected chi connectivity index (χ2v) is 6.21. The summed E-state index contributed by atoms with van der Waals surface area (Å²) in [5, 5.41) is 9.73. The van der Waals surface area contributed by atoms with Gasteiger partial charge in [-0.05, 0) is 19.1 Å². The number of nitrogens with zero attached hydrogens (tertiary/aromatic N) is 1. The first-order valence-corrected chi connectivity index (χ1v) is 7.13. The molecule has 1 atom stereocenters. The molecule has 5 nitrogen and oxygen atoms in total. The molecular formula is C12H14N2O3S. The van der Waals surface area contributed by atoms with E-state index in [4.69, 9.17) is 5.26 Å². The van der Waals surface area contributed by atoms with Gasteiger partial charge in [-0.3, -0.25) is 4.79 Å². The van der Waals surface area contributed by atoms with Gasteiger partial charge in [-0.2, -0.15) is 5.26 Å². The van der Waals surface area contributed by atoms with Crippen LogP contribution in [0.1, 0.15) is 13.3 Å². The number of hydrogen-bond acceptors (Lipinski definition) is 4. The summed E-state index contributed by atoms with van der Waals surface area (Å²) < 4.78 is 23.4. The first kappa shape index (κ1) is 14.2. The van der Waals surface area contributed by atoms with Crippen molar-refractivity contribution in [2.24, 2.45) is 0 Å². The summed E-state index contributed by atoms with van der Waals surface area (Å²) in [6, 6.07) is 10.4. The summed E-state index contributed by atoms with van der Waals surface area (Å²) in [5.41, 5.74) is 0.546. The van der Waals surface area contributed by atoms with Crippen molar-refractivity contribution in [1.29, 1.82) is 5.26 Å². The molecule has 6 heteroatoms. The van der Waals surface area contributed by atoms with Gasteiger partial charge in [0.15, 0.2) is 9.84 Å². The number of para-hydroxylation sites is 1. The topological polar surface area (TPSA) is 87.0 Å². The monoisotopic (exact) mass is 266 g/mol. The summed E-state index contributed by atoms with van der Waals surface area (Å²) in [6.07, 6.45) is -0.106. The minimum absolute atomic E-state index is 0.106. The molecule has 0 saturated heterocycles. The zero-order chi connectivity index (χ0) is 13.6. The molecule has 0 aliphatic heterocycles. The Bertz CT molecular complexity index is 546. The van der Waals surface area contributed by atoms with Crippen LogP contribution in [0.5, 0.6) is 0 Å². The van der Waals surface area contributed by atoms with E-state index >= 15 is 0 Å². The Kier molecular flexibility index (Phi) is 4.86. The zero-order valence-electron chi connectivity index (χ0n) is 9.96. The molecule has 0 aromatic heterocycles. The van der Waals surface area contributed by atoms with Crippen LogP contribution in [0.2, 0.25) is 0 Å². The molecule has 1 rings (SSSR count). The minimum Gasteiger partial charge on any atom is -0.325 e. The van der Waals surface area contributed by atoms with Gasteiger partial charge in [0.25, 0.3) is 0 Å². The molecule has 0 spiro atoms. The molecule has 0 aliphatic carbocycles. The average Bonchev–Trinajstić information content (AvgIpc) is 2.36. The van der Waals surface area contributed by atoms with E-state index in [9.17, 15) is 13.2 Å². The molecule has 96 valence electrons. The van der Waals surface area contributed by atoms with Gasteiger partial charge in [-0.1, -0.05) is 18.2 Å². The Morgan fingerprint density at radius 3 is 2.56 bits per heavy atom. The van der Waals surface area contributed by atoms with Gasteiger partial charge in [0.05, 0.1) is 11.8 Å². The molecular weight excluding hydrogens is 252 g/mol. The number of rotatable bonds is 5. The molecule has 1 amide bonds. The van der Waals surface area contributed by atoms with Gasteiger partial charge >= 0.3 is 0 Å². The maximum atomic E-state index is 11.7. The lowest BCUT2D eigenvalue weighted by Gasteiger charge is -2.12. The van der Waals surface area contributed by atoms with Crippen LogP contribution in [0.4, 0.5) is 5.69 Å². The first-order chi connectivity index (χ1) is 8.47. The van der Waals surface area contributed by atoms with Gasteiger partial charge in [0.1, 0.15) is 5.25 Å². The van der Waals surface area contributed by atoms with Crippen molar-refractivity contribution in [3.8, 4) is 6.07 Å². The lowest BCUT2D eigenvalue weighted by atomic mass is 10.3. The van der Waals surface area contributed by atoms with Crippen LogP contribution in [0.15, 0.2) is 30.3 Å². The Hall–Kier alpha value is -1.87. The van der Waals surface area contributed by atoms with Crippen molar-refractivity contribution in [2.75, 3.05) is 11.1 Å². The van der Waals surface area contributed by atoms with Crippen LogP contribution in [0, 0.1) is 11.3 Å².